The first-order chi connectivity index (χ1) is 16.0. The molecular weight excluding hydrogens is 438 g/mol. The van der Waals surface area contributed by atoms with Crippen LogP contribution >= 0.6 is 11.8 Å². The first-order valence-electron chi connectivity index (χ1n) is 10.7. The number of hydrogen-bond acceptors (Lipinski definition) is 6. The predicted molar refractivity (Wildman–Crippen MR) is 132 cm³/mol. The standard InChI is InChI=1S/C26H29NO5S/c1-5-7-21-14-20(16-23-25(28)27(26(29)33-23)12-6-13-30-3)15-22(31-4)24(21)32-17-19-10-8-18(2)9-11-19/h5,8-11,14-16H,1,6-7,12-13,17H2,2-4H3/b23-16+. The van der Waals surface area contributed by atoms with Crippen LogP contribution in [0.3, 0.4) is 0 Å². The number of carbonyl (C=O) groups is 2. The molecule has 1 fully saturated rings. The third-order valence-electron chi connectivity index (χ3n) is 5.14. The van der Waals surface area contributed by atoms with E-state index in [-0.39, 0.29) is 11.1 Å². The maximum absolute atomic E-state index is 12.7. The third-order valence-corrected chi connectivity index (χ3v) is 6.05. The quantitative estimate of drug-likeness (QED) is 0.251. The Bertz CT molecular complexity index is 1050. The van der Waals surface area contributed by atoms with Crippen molar-refractivity contribution in [3.63, 3.8) is 0 Å². The molecule has 1 aliphatic heterocycles. The molecule has 0 N–H and O–H groups in total. The normalized spacial score (nSPS) is 14.8. The summed E-state index contributed by atoms with van der Waals surface area (Å²) in [6, 6.07) is 11.9. The number of amides is 2. The largest absolute Gasteiger partial charge is 0.493 e. The Kier molecular flexibility index (Phi) is 8.74. The summed E-state index contributed by atoms with van der Waals surface area (Å²) in [5.41, 5.74) is 3.89. The molecule has 7 heteroatoms. The molecule has 2 amide bonds. The smallest absolute Gasteiger partial charge is 0.293 e. The summed E-state index contributed by atoms with van der Waals surface area (Å²) in [6.07, 6.45) is 4.69. The van der Waals surface area contributed by atoms with E-state index in [9.17, 15) is 9.59 Å². The molecule has 0 unspecified atom stereocenters. The van der Waals surface area contributed by atoms with Gasteiger partial charge in [-0.2, -0.15) is 0 Å². The summed E-state index contributed by atoms with van der Waals surface area (Å²) in [5, 5.41) is -0.265. The van der Waals surface area contributed by atoms with Crippen molar-refractivity contribution < 1.29 is 23.8 Å². The van der Waals surface area contributed by atoms with Gasteiger partial charge in [0, 0.05) is 25.8 Å². The number of nitrogens with zero attached hydrogens (tertiary/aromatic N) is 1. The average molecular weight is 468 g/mol. The Morgan fingerprint density at radius 2 is 1.88 bits per heavy atom. The molecule has 1 aliphatic rings. The van der Waals surface area contributed by atoms with E-state index in [4.69, 9.17) is 14.2 Å². The maximum Gasteiger partial charge on any atom is 0.293 e. The third kappa shape index (κ3) is 6.27. The van der Waals surface area contributed by atoms with Crippen LogP contribution in [-0.4, -0.2) is 43.4 Å². The van der Waals surface area contributed by atoms with E-state index in [1.165, 1.54) is 10.5 Å². The molecule has 0 aromatic heterocycles. The minimum absolute atomic E-state index is 0.265. The second-order valence-electron chi connectivity index (χ2n) is 7.66. The monoisotopic (exact) mass is 467 g/mol. The molecule has 2 aromatic carbocycles. The van der Waals surface area contributed by atoms with Gasteiger partial charge in [-0.05, 0) is 60.9 Å². The van der Waals surface area contributed by atoms with Gasteiger partial charge < -0.3 is 14.2 Å². The van der Waals surface area contributed by atoms with Gasteiger partial charge in [-0.25, -0.2) is 0 Å². The lowest BCUT2D eigenvalue weighted by Crippen LogP contribution is -2.29. The van der Waals surface area contributed by atoms with Crippen LogP contribution in [0.4, 0.5) is 4.79 Å². The van der Waals surface area contributed by atoms with Gasteiger partial charge in [-0.15, -0.1) is 6.58 Å². The van der Waals surface area contributed by atoms with Crippen molar-refractivity contribution in [2.75, 3.05) is 27.4 Å². The van der Waals surface area contributed by atoms with Crippen LogP contribution in [0.25, 0.3) is 6.08 Å². The second-order valence-corrected chi connectivity index (χ2v) is 8.65. The highest BCUT2D eigenvalue weighted by molar-refractivity contribution is 8.18. The lowest BCUT2D eigenvalue weighted by Gasteiger charge is -2.16. The van der Waals surface area contributed by atoms with Gasteiger partial charge >= 0.3 is 0 Å². The predicted octanol–water partition coefficient (Wildman–Crippen LogP) is 5.38. The number of rotatable bonds is 11. The first-order valence-corrected chi connectivity index (χ1v) is 11.5. The van der Waals surface area contributed by atoms with Crippen molar-refractivity contribution in [3.05, 3.63) is 76.2 Å². The van der Waals surface area contributed by atoms with Gasteiger partial charge in [-0.1, -0.05) is 35.9 Å². The molecule has 1 heterocycles. The van der Waals surface area contributed by atoms with E-state index in [0.717, 1.165) is 28.5 Å². The van der Waals surface area contributed by atoms with Crippen LogP contribution in [0.5, 0.6) is 11.5 Å². The molecule has 6 nitrogen and oxygen atoms in total. The maximum atomic E-state index is 12.7. The van der Waals surface area contributed by atoms with Gasteiger partial charge in [0.1, 0.15) is 6.61 Å². The summed E-state index contributed by atoms with van der Waals surface area (Å²) in [5.74, 6) is 0.917. The summed E-state index contributed by atoms with van der Waals surface area (Å²) in [4.78, 5) is 26.7. The number of carbonyl (C=O) groups excluding carboxylic acids is 2. The van der Waals surface area contributed by atoms with E-state index in [1.54, 1.807) is 26.4 Å². The number of methoxy groups -OCH3 is 2. The fraction of sp³-hybridized carbons (Fsp3) is 0.308. The van der Waals surface area contributed by atoms with Crippen molar-refractivity contribution in [1.82, 2.24) is 4.90 Å². The average Bonchev–Trinajstić information content (AvgIpc) is 3.06. The first kappa shape index (κ1) is 24.6. The van der Waals surface area contributed by atoms with Crippen LogP contribution in [0, 0.1) is 6.92 Å². The van der Waals surface area contributed by atoms with E-state index < -0.39 is 0 Å². The number of aryl methyl sites for hydroxylation is 1. The minimum Gasteiger partial charge on any atom is -0.493 e. The number of thioether (sulfide) groups is 1. The van der Waals surface area contributed by atoms with Crippen molar-refractivity contribution >= 4 is 29.0 Å². The van der Waals surface area contributed by atoms with Gasteiger partial charge in [0.15, 0.2) is 11.5 Å². The van der Waals surface area contributed by atoms with Crippen molar-refractivity contribution in [1.29, 1.82) is 0 Å². The Labute approximate surface area is 199 Å². The molecule has 0 radical (unpaired) electrons. The van der Waals surface area contributed by atoms with Crippen molar-refractivity contribution in [2.24, 2.45) is 0 Å². The van der Waals surface area contributed by atoms with Crippen molar-refractivity contribution in [3.8, 4) is 11.5 Å². The summed E-state index contributed by atoms with van der Waals surface area (Å²) in [6.45, 7) is 7.13. The van der Waals surface area contributed by atoms with Gasteiger partial charge in [0.25, 0.3) is 11.1 Å². The topological polar surface area (TPSA) is 65.1 Å². The summed E-state index contributed by atoms with van der Waals surface area (Å²) in [7, 11) is 3.18. The molecule has 174 valence electrons. The molecule has 0 atom stereocenters. The zero-order valence-corrected chi connectivity index (χ0v) is 20.1. The van der Waals surface area contributed by atoms with E-state index in [2.05, 4.69) is 6.58 Å². The molecule has 0 spiro atoms. The van der Waals surface area contributed by atoms with Crippen LogP contribution in [-0.2, 0) is 22.6 Å². The number of allylic oxidation sites excluding steroid dienone is 1. The van der Waals surface area contributed by atoms with Gasteiger partial charge in [-0.3, -0.25) is 14.5 Å². The molecule has 0 saturated carbocycles. The van der Waals surface area contributed by atoms with Gasteiger partial charge in [0.05, 0.1) is 12.0 Å². The van der Waals surface area contributed by atoms with E-state index >= 15 is 0 Å². The fourth-order valence-electron chi connectivity index (χ4n) is 3.44. The lowest BCUT2D eigenvalue weighted by atomic mass is 10.0. The number of benzene rings is 2. The molecule has 1 saturated heterocycles. The molecule has 33 heavy (non-hydrogen) atoms. The molecule has 0 bridgehead atoms. The molecule has 0 aliphatic carbocycles. The highest BCUT2D eigenvalue weighted by Gasteiger charge is 2.34. The van der Waals surface area contributed by atoms with E-state index in [1.807, 2.05) is 43.3 Å². The number of ether oxygens (including phenoxy) is 3. The molecule has 2 aromatic rings. The zero-order chi connectivity index (χ0) is 23.8. The van der Waals surface area contributed by atoms with Crippen molar-refractivity contribution in [2.45, 2.75) is 26.4 Å². The number of imide groups is 1. The highest BCUT2D eigenvalue weighted by Crippen LogP contribution is 2.37. The van der Waals surface area contributed by atoms with Gasteiger partial charge in [0.2, 0.25) is 0 Å². The summed E-state index contributed by atoms with van der Waals surface area (Å²) >= 11 is 0.946. The number of hydrogen-bond donors (Lipinski definition) is 0. The lowest BCUT2D eigenvalue weighted by molar-refractivity contribution is -0.122. The Hall–Kier alpha value is -3.03. The van der Waals surface area contributed by atoms with Crippen LogP contribution in [0.1, 0.15) is 28.7 Å². The minimum atomic E-state index is -0.287. The Balaban J connectivity index is 1.85. The fourth-order valence-corrected chi connectivity index (χ4v) is 4.31. The SMILES string of the molecule is C=CCc1cc(/C=C2/SC(=O)N(CCCOC)C2=O)cc(OC)c1OCc1ccc(C)cc1. The summed E-state index contributed by atoms with van der Waals surface area (Å²) < 4.78 is 16.8. The van der Waals surface area contributed by atoms with Crippen LogP contribution in [0.15, 0.2) is 54.0 Å². The highest BCUT2D eigenvalue weighted by atomic mass is 32.2. The zero-order valence-electron chi connectivity index (χ0n) is 19.3. The molecular formula is C26H29NO5S. The Morgan fingerprint density at radius 3 is 2.55 bits per heavy atom. The van der Waals surface area contributed by atoms with E-state index in [0.29, 0.717) is 49.0 Å². The van der Waals surface area contributed by atoms with Crippen LogP contribution < -0.4 is 9.47 Å². The van der Waals surface area contributed by atoms with Crippen LogP contribution in [0.2, 0.25) is 0 Å². The Morgan fingerprint density at radius 1 is 1.12 bits per heavy atom. The second kappa shape index (κ2) is 11.7. The molecule has 3 rings (SSSR count).